The number of alkyl halides is 3. The van der Waals surface area contributed by atoms with Gasteiger partial charge in [0, 0.05) is 11.5 Å². The number of H-pyrrole nitrogens is 1. The topological polar surface area (TPSA) is 85.6 Å². The lowest BCUT2D eigenvalue weighted by Crippen LogP contribution is -2.32. The molecule has 30 heavy (non-hydrogen) atoms. The predicted octanol–water partition coefficient (Wildman–Crippen LogP) is 6.04. The van der Waals surface area contributed by atoms with Crippen molar-refractivity contribution in [1.29, 1.82) is 10.7 Å². The van der Waals surface area contributed by atoms with E-state index in [2.05, 4.69) is 10.2 Å². The maximum Gasteiger partial charge on any atom is 0.416 e. The largest absolute Gasteiger partial charge is 0.422 e. The second-order valence-corrected chi connectivity index (χ2v) is 7.40. The molecule has 4 rings (SSSR count). The van der Waals surface area contributed by atoms with Crippen molar-refractivity contribution in [2.75, 3.05) is 0 Å². The van der Waals surface area contributed by atoms with Crippen LogP contribution in [-0.2, 0) is 6.18 Å². The lowest BCUT2D eigenvalue weighted by Gasteiger charge is -2.30. The predicted molar refractivity (Wildman–Crippen MR) is 105 cm³/mol. The van der Waals surface area contributed by atoms with Crippen molar-refractivity contribution in [2.24, 2.45) is 5.92 Å². The zero-order valence-corrected chi connectivity index (χ0v) is 16.4. The molecule has 0 saturated carbocycles. The molecular weight excluding hydrogens is 440 g/mol. The molecule has 0 spiro atoms. The van der Waals surface area contributed by atoms with Gasteiger partial charge in [-0.1, -0.05) is 47.5 Å². The molecule has 0 bridgehead atoms. The standard InChI is InChI=1S/C20H11Cl2F3N4O/c21-13-6-5-9(7-14(13)22)17-16-15(10-3-1-2-4-12(10)20(23,24)25)11(8-26)18(27)30-19(16)29-28-17/h1-7,11,15,27H,(H,28,29). The average molecular weight is 451 g/mol. The van der Waals surface area contributed by atoms with E-state index in [9.17, 15) is 18.4 Å². The molecule has 3 aromatic rings. The van der Waals surface area contributed by atoms with Crippen molar-refractivity contribution in [1.82, 2.24) is 10.2 Å². The van der Waals surface area contributed by atoms with Gasteiger partial charge in [-0.15, -0.1) is 5.10 Å². The van der Waals surface area contributed by atoms with Crippen LogP contribution in [0.1, 0.15) is 22.6 Å². The molecule has 0 amide bonds. The maximum atomic E-state index is 13.7. The average Bonchev–Trinajstić information content (AvgIpc) is 3.11. The van der Waals surface area contributed by atoms with Crippen molar-refractivity contribution in [2.45, 2.75) is 12.1 Å². The number of nitrogens with zero attached hydrogens (tertiary/aromatic N) is 2. The van der Waals surface area contributed by atoms with Gasteiger partial charge < -0.3 is 4.74 Å². The minimum atomic E-state index is -4.65. The fraction of sp³-hybridized carbons (Fsp3) is 0.150. The number of ether oxygens (including phenoxy) is 1. The van der Waals surface area contributed by atoms with Crippen LogP contribution in [0.5, 0.6) is 5.88 Å². The Morgan fingerprint density at radius 1 is 1.13 bits per heavy atom. The van der Waals surface area contributed by atoms with Crippen LogP contribution in [0.3, 0.4) is 0 Å². The second-order valence-electron chi connectivity index (χ2n) is 6.58. The molecule has 10 heteroatoms. The van der Waals surface area contributed by atoms with Gasteiger partial charge in [0.2, 0.25) is 11.8 Å². The van der Waals surface area contributed by atoms with E-state index in [-0.39, 0.29) is 22.0 Å². The van der Waals surface area contributed by atoms with Gasteiger partial charge in [0.1, 0.15) is 5.92 Å². The molecule has 2 N–H and O–H groups in total. The molecule has 1 aliphatic rings. The number of benzene rings is 2. The number of fused-ring (bicyclic) bond motifs is 1. The van der Waals surface area contributed by atoms with Gasteiger partial charge in [-0.05, 0) is 23.8 Å². The van der Waals surface area contributed by atoms with E-state index in [0.29, 0.717) is 16.3 Å². The van der Waals surface area contributed by atoms with E-state index in [1.165, 1.54) is 24.3 Å². The maximum absolute atomic E-state index is 13.7. The second kappa shape index (κ2) is 7.35. The molecule has 2 aromatic carbocycles. The Bertz CT molecular complexity index is 1200. The number of hydrogen-bond donors (Lipinski definition) is 2. The van der Waals surface area contributed by atoms with Crippen molar-refractivity contribution < 1.29 is 17.9 Å². The first-order chi connectivity index (χ1) is 14.2. The Hall–Kier alpha value is -3.02. The van der Waals surface area contributed by atoms with E-state index < -0.39 is 29.5 Å². The Morgan fingerprint density at radius 2 is 1.87 bits per heavy atom. The first-order valence-electron chi connectivity index (χ1n) is 8.58. The summed E-state index contributed by atoms with van der Waals surface area (Å²) in [5, 5.41) is 25.0. The molecule has 152 valence electrons. The summed E-state index contributed by atoms with van der Waals surface area (Å²) >= 11 is 12.1. The van der Waals surface area contributed by atoms with Crippen LogP contribution in [-0.4, -0.2) is 16.1 Å². The van der Waals surface area contributed by atoms with Crippen LogP contribution in [0.25, 0.3) is 11.3 Å². The zero-order valence-electron chi connectivity index (χ0n) is 14.9. The molecule has 1 aromatic heterocycles. The number of aromatic nitrogens is 2. The SMILES string of the molecule is N#CC1C(=N)Oc2n[nH]c(-c3ccc(Cl)c(Cl)c3)c2C1c1ccccc1C(F)(F)F. The van der Waals surface area contributed by atoms with E-state index in [0.717, 1.165) is 6.07 Å². The summed E-state index contributed by atoms with van der Waals surface area (Å²) in [4.78, 5) is 0. The van der Waals surface area contributed by atoms with Crippen LogP contribution in [0.4, 0.5) is 13.2 Å². The minimum absolute atomic E-state index is 0.0606. The molecule has 0 aliphatic carbocycles. The Kier molecular flexibility index (Phi) is 4.96. The lowest BCUT2D eigenvalue weighted by molar-refractivity contribution is -0.138. The van der Waals surface area contributed by atoms with Gasteiger partial charge in [0.25, 0.3) is 0 Å². The zero-order chi connectivity index (χ0) is 21.6. The molecule has 2 atom stereocenters. The fourth-order valence-electron chi connectivity index (χ4n) is 3.55. The molecule has 0 fully saturated rings. The number of hydrogen-bond acceptors (Lipinski definition) is 4. The van der Waals surface area contributed by atoms with Crippen LogP contribution in [0.2, 0.25) is 10.0 Å². The third kappa shape index (κ3) is 3.30. The van der Waals surface area contributed by atoms with Crippen molar-refractivity contribution >= 4 is 29.1 Å². The van der Waals surface area contributed by atoms with E-state index in [1.54, 1.807) is 12.1 Å². The summed E-state index contributed by atoms with van der Waals surface area (Å²) in [5.41, 5.74) is 0.0399. The summed E-state index contributed by atoms with van der Waals surface area (Å²) in [6.07, 6.45) is -4.65. The molecular formula is C20H11Cl2F3N4O. The molecule has 5 nitrogen and oxygen atoms in total. The third-order valence-electron chi connectivity index (χ3n) is 4.85. The quantitative estimate of drug-likeness (QED) is 0.498. The smallest absolute Gasteiger partial charge is 0.416 e. The van der Waals surface area contributed by atoms with Gasteiger partial charge in [-0.2, -0.15) is 18.4 Å². The summed E-state index contributed by atoms with van der Waals surface area (Å²) in [7, 11) is 0. The highest BCUT2D eigenvalue weighted by Gasteiger charge is 2.45. The van der Waals surface area contributed by atoms with Gasteiger partial charge >= 0.3 is 6.18 Å². The van der Waals surface area contributed by atoms with Crippen LogP contribution in [0.15, 0.2) is 42.5 Å². The first kappa shape index (κ1) is 20.3. The number of halogens is 5. The summed E-state index contributed by atoms with van der Waals surface area (Å²) < 4.78 is 46.5. The van der Waals surface area contributed by atoms with Gasteiger partial charge in [0.05, 0.1) is 32.9 Å². The monoisotopic (exact) mass is 450 g/mol. The van der Waals surface area contributed by atoms with E-state index >= 15 is 0 Å². The first-order valence-corrected chi connectivity index (χ1v) is 9.33. The third-order valence-corrected chi connectivity index (χ3v) is 5.59. The number of nitrogens with one attached hydrogen (secondary N) is 2. The van der Waals surface area contributed by atoms with E-state index in [1.807, 2.05) is 6.07 Å². The minimum Gasteiger partial charge on any atom is -0.422 e. The summed E-state index contributed by atoms with van der Waals surface area (Å²) in [5.74, 6) is -2.94. The summed E-state index contributed by atoms with van der Waals surface area (Å²) in [6, 6.07) is 11.6. The number of nitriles is 1. The highest BCUT2D eigenvalue weighted by Crippen LogP contribution is 2.48. The normalized spacial score (nSPS) is 18.5. The molecule has 2 unspecified atom stereocenters. The molecule has 0 radical (unpaired) electrons. The highest BCUT2D eigenvalue weighted by atomic mass is 35.5. The highest BCUT2D eigenvalue weighted by molar-refractivity contribution is 6.42. The van der Waals surface area contributed by atoms with Crippen LogP contribution < -0.4 is 4.74 Å². The van der Waals surface area contributed by atoms with Crippen molar-refractivity contribution in [3.05, 3.63) is 69.2 Å². The number of aromatic amines is 1. The Morgan fingerprint density at radius 3 is 2.53 bits per heavy atom. The number of rotatable bonds is 2. The Labute approximate surface area is 178 Å². The van der Waals surface area contributed by atoms with Gasteiger partial charge in [-0.3, -0.25) is 10.5 Å². The van der Waals surface area contributed by atoms with Crippen molar-refractivity contribution in [3.8, 4) is 23.2 Å². The fourth-order valence-corrected chi connectivity index (χ4v) is 3.85. The van der Waals surface area contributed by atoms with Gasteiger partial charge in [-0.25, -0.2) is 0 Å². The molecule has 2 heterocycles. The Balaban J connectivity index is 1.99. The van der Waals surface area contributed by atoms with E-state index in [4.69, 9.17) is 33.3 Å². The lowest BCUT2D eigenvalue weighted by atomic mass is 9.77. The molecule has 0 saturated heterocycles. The summed E-state index contributed by atoms with van der Waals surface area (Å²) in [6.45, 7) is 0. The van der Waals surface area contributed by atoms with Gasteiger partial charge in [0.15, 0.2) is 0 Å². The van der Waals surface area contributed by atoms with Crippen LogP contribution in [0, 0.1) is 22.7 Å². The molecule has 1 aliphatic heterocycles. The van der Waals surface area contributed by atoms with Crippen molar-refractivity contribution in [3.63, 3.8) is 0 Å². The van der Waals surface area contributed by atoms with Crippen LogP contribution >= 0.6 is 23.2 Å².